The molecule has 0 fully saturated rings. The molecule has 4 heteroatoms. The van der Waals surface area contributed by atoms with Crippen molar-refractivity contribution in [3.63, 3.8) is 0 Å². The van der Waals surface area contributed by atoms with Gasteiger partial charge in [0.25, 0.3) is 0 Å². The van der Waals surface area contributed by atoms with Gasteiger partial charge in [-0.3, -0.25) is 14.4 Å². The molecular formula is C12H20O4. The number of esters is 1. The molecule has 0 bridgehead atoms. The number of carbonyl (C=O) groups excluding carboxylic acids is 3. The predicted molar refractivity (Wildman–Crippen MR) is 60.0 cm³/mol. The van der Waals surface area contributed by atoms with Crippen LogP contribution in [0.1, 0.15) is 47.0 Å². The number of Topliss-reactive ketones (excluding diaryl/α,β-unsaturated/α-hetero) is 2. The van der Waals surface area contributed by atoms with Crippen molar-refractivity contribution in [2.24, 2.45) is 5.41 Å². The van der Waals surface area contributed by atoms with Crippen molar-refractivity contribution in [2.45, 2.75) is 47.0 Å². The highest BCUT2D eigenvalue weighted by Gasteiger charge is 2.39. The summed E-state index contributed by atoms with van der Waals surface area (Å²) in [6.07, 6.45) is 0.899. The summed E-state index contributed by atoms with van der Waals surface area (Å²) in [6.45, 7) is 6.58. The molecule has 0 saturated carbocycles. The Morgan fingerprint density at radius 2 is 1.75 bits per heavy atom. The summed E-state index contributed by atoms with van der Waals surface area (Å²) in [4.78, 5) is 34.3. The minimum atomic E-state index is -1.18. The van der Waals surface area contributed by atoms with Crippen LogP contribution < -0.4 is 0 Å². The van der Waals surface area contributed by atoms with Gasteiger partial charge in [-0.25, -0.2) is 0 Å². The van der Waals surface area contributed by atoms with Crippen LogP contribution in [0, 0.1) is 5.41 Å². The van der Waals surface area contributed by atoms with Crippen molar-refractivity contribution >= 4 is 17.5 Å². The van der Waals surface area contributed by atoms with E-state index in [4.69, 9.17) is 4.74 Å². The Balaban J connectivity index is 4.64. The van der Waals surface area contributed by atoms with E-state index >= 15 is 0 Å². The lowest BCUT2D eigenvalue weighted by atomic mass is 9.81. The molecule has 0 aromatic heterocycles. The molecule has 0 amide bonds. The third kappa shape index (κ3) is 3.76. The highest BCUT2D eigenvalue weighted by Crippen LogP contribution is 2.26. The van der Waals surface area contributed by atoms with Gasteiger partial charge >= 0.3 is 5.97 Å². The van der Waals surface area contributed by atoms with E-state index in [0.717, 1.165) is 0 Å². The molecule has 0 unspecified atom stereocenters. The van der Waals surface area contributed by atoms with E-state index in [-0.39, 0.29) is 31.0 Å². The molecule has 0 radical (unpaired) electrons. The monoisotopic (exact) mass is 228 g/mol. The molecular weight excluding hydrogens is 208 g/mol. The van der Waals surface area contributed by atoms with Gasteiger partial charge < -0.3 is 4.74 Å². The number of ketones is 2. The number of hydrogen-bond acceptors (Lipinski definition) is 4. The van der Waals surface area contributed by atoms with E-state index in [2.05, 4.69) is 0 Å². The van der Waals surface area contributed by atoms with E-state index in [1.807, 2.05) is 0 Å². The first kappa shape index (κ1) is 14.8. The van der Waals surface area contributed by atoms with E-state index in [0.29, 0.717) is 6.42 Å². The van der Waals surface area contributed by atoms with Gasteiger partial charge in [0, 0.05) is 12.8 Å². The Bertz CT molecular complexity index is 283. The molecule has 1 atom stereocenters. The van der Waals surface area contributed by atoms with Crippen LogP contribution in [0.3, 0.4) is 0 Å². The molecule has 0 aromatic carbocycles. The Labute approximate surface area is 96.4 Å². The van der Waals surface area contributed by atoms with Gasteiger partial charge in [0.05, 0.1) is 6.61 Å². The summed E-state index contributed by atoms with van der Waals surface area (Å²) in [7, 11) is 0. The normalized spacial score (nSPS) is 14.0. The maximum atomic E-state index is 11.7. The summed E-state index contributed by atoms with van der Waals surface area (Å²) in [5, 5.41) is 0. The Kier molecular flexibility index (Phi) is 5.93. The smallest absolute Gasteiger partial charge is 0.319 e. The van der Waals surface area contributed by atoms with Crippen LogP contribution in [-0.4, -0.2) is 24.1 Å². The van der Waals surface area contributed by atoms with Crippen LogP contribution in [0.5, 0.6) is 0 Å². The SMILES string of the molecule is CCOC(=O)[C@@](C)(CCC(=O)CC)C(C)=O. The van der Waals surface area contributed by atoms with Crippen molar-refractivity contribution in [2.75, 3.05) is 6.61 Å². The first-order chi connectivity index (χ1) is 7.38. The Morgan fingerprint density at radius 1 is 1.19 bits per heavy atom. The lowest BCUT2D eigenvalue weighted by Gasteiger charge is -2.23. The quantitative estimate of drug-likeness (QED) is 0.493. The number of ether oxygens (including phenoxy) is 1. The lowest BCUT2D eigenvalue weighted by Crippen LogP contribution is -2.37. The summed E-state index contributed by atoms with van der Waals surface area (Å²) in [5.74, 6) is -0.738. The predicted octanol–water partition coefficient (Wildman–Crippen LogP) is 1.90. The van der Waals surface area contributed by atoms with E-state index in [1.165, 1.54) is 13.8 Å². The highest BCUT2D eigenvalue weighted by molar-refractivity contribution is 6.02. The fraction of sp³-hybridized carbons (Fsp3) is 0.750. The van der Waals surface area contributed by atoms with Crippen LogP contribution in [-0.2, 0) is 19.1 Å². The first-order valence-corrected chi connectivity index (χ1v) is 5.58. The molecule has 92 valence electrons. The van der Waals surface area contributed by atoms with Crippen LogP contribution in [0.4, 0.5) is 0 Å². The molecule has 0 aliphatic heterocycles. The second-order valence-electron chi connectivity index (χ2n) is 4.00. The number of rotatable bonds is 7. The van der Waals surface area contributed by atoms with Gasteiger partial charge in [0.15, 0.2) is 0 Å². The molecule has 0 rings (SSSR count). The van der Waals surface area contributed by atoms with Crippen LogP contribution in [0.25, 0.3) is 0 Å². The van der Waals surface area contributed by atoms with Crippen molar-refractivity contribution in [1.82, 2.24) is 0 Å². The summed E-state index contributed by atoms with van der Waals surface area (Å²) in [6, 6.07) is 0. The average Bonchev–Trinajstić information content (AvgIpc) is 2.25. The molecule has 4 nitrogen and oxygen atoms in total. The molecule has 0 saturated heterocycles. The number of carbonyl (C=O) groups is 3. The van der Waals surface area contributed by atoms with Crippen molar-refractivity contribution < 1.29 is 19.1 Å². The van der Waals surface area contributed by atoms with Gasteiger partial charge in [-0.05, 0) is 27.2 Å². The number of hydrogen-bond donors (Lipinski definition) is 0. The zero-order chi connectivity index (χ0) is 12.8. The highest BCUT2D eigenvalue weighted by atomic mass is 16.5. The standard InChI is InChI=1S/C12H20O4/c1-5-10(14)7-8-12(4,9(3)13)11(15)16-6-2/h5-8H2,1-4H3/t12-/m0/s1. The second-order valence-corrected chi connectivity index (χ2v) is 4.00. The van der Waals surface area contributed by atoms with E-state index < -0.39 is 11.4 Å². The molecule has 16 heavy (non-hydrogen) atoms. The topological polar surface area (TPSA) is 60.4 Å². The third-order valence-electron chi connectivity index (χ3n) is 2.80. The largest absolute Gasteiger partial charge is 0.465 e. The molecule has 0 aliphatic carbocycles. The summed E-state index contributed by atoms with van der Waals surface area (Å²) >= 11 is 0. The van der Waals surface area contributed by atoms with Crippen LogP contribution in [0.15, 0.2) is 0 Å². The van der Waals surface area contributed by atoms with Gasteiger partial charge in [0.2, 0.25) is 0 Å². The first-order valence-electron chi connectivity index (χ1n) is 5.58. The van der Waals surface area contributed by atoms with Crippen molar-refractivity contribution in [3.8, 4) is 0 Å². The van der Waals surface area contributed by atoms with Crippen molar-refractivity contribution in [1.29, 1.82) is 0 Å². The zero-order valence-corrected chi connectivity index (χ0v) is 10.5. The van der Waals surface area contributed by atoms with Crippen LogP contribution >= 0.6 is 0 Å². The molecule has 0 aromatic rings. The van der Waals surface area contributed by atoms with Crippen molar-refractivity contribution in [3.05, 3.63) is 0 Å². The lowest BCUT2D eigenvalue weighted by molar-refractivity contribution is -0.159. The minimum Gasteiger partial charge on any atom is -0.465 e. The van der Waals surface area contributed by atoms with Gasteiger partial charge in [0.1, 0.15) is 17.0 Å². The maximum Gasteiger partial charge on any atom is 0.319 e. The van der Waals surface area contributed by atoms with E-state index in [9.17, 15) is 14.4 Å². The minimum absolute atomic E-state index is 0.0526. The molecule has 0 N–H and O–H groups in total. The fourth-order valence-electron chi connectivity index (χ4n) is 1.28. The van der Waals surface area contributed by atoms with Gasteiger partial charge in [-0.2, -0.15) is 0 Å². The third-order valence-corrected chi connectivity index (χ3v) is 2.80. The molecule has 0 spiro atoms. The average molecular weight is 228 g/mol. The van der Waals surface area contributed by atoms with Gasteiger partial charge in [-0.15, -0.1) is 0 Å². The molecule has 0 heterocycles. The Hall–Kier alpha value is -1.19. The molecule has 0 aliphatic rings. The summed E-state index contributed by atoms with van der Waals surface area (Å²) < 4.78 is 4.86. The Morgan fingerprint density at radius 3 is 2.12 bits per heavy atom. The van der Waals surface area contributed by atoms with E-state index in [1.54, 1.807) is 13.8 Å². The fourth-order valence-corrected chi connectivity index (χ4v) is 1.28. The summed E-state index contributed by atoms with van der Waals surface area (Å²) in [5.41, 5.74) is -1.18. The zero-order valence-electron chi connectivity index (χ0n) is 10.5. The van der Waals surface area contributed by atoms with Gasteiger partial charge in [-0.1, -0.05) is 6.92 Å². The second kappa shape index (κ2) is 6.40. The maximum absolute atomic E-state index is 11.7. The van der Waals surface area contributed by atoms with Crippen LogP contribution in [0.2, 0.25) is 0 Å².